The summed E-state index contributed by atoms with van der Waals surface area (Å²) in [6.07, 6.45) is 1.28. The standard InChI is InChI=1S/C9H15N3O4S/c1-9(2,3)7(8(13)14)12-17(15,16)6-4-5-10-11-6/h4-5,7,12H,1-3H3,(H,10,11)(H,13,14). The van der Waals surface area contributed by atoms with Crippen molar-refractivity contribution in [2.75, 3.05) is 0 Å². The van der Waals surface area contributed by atoms with Gasteiger partial charge < -0.3 is 5.11 Å². The Morgan fingerprint density at radius 1 is 1.53 bits per heavy atom. The van der Waals surface area contributed by atoms with Crippen molar-refractivity contribution in [3.8, 4) is 0 Å². The number of nitrogens with zero attached hydrogens (tertiary/aromatic N) is 1. The van der Waals surface area contributed by atoms with Crippen molar-refractivity contribution in [3.63, 3.8) is 0 Å². The molecule has 1 heterocycles. The first-order chi connectivity index (χ1) is 7.64. The summed E-state index contributed by atoms with van der Waals surface area (Å²) in [7, 11) is -3.89. The number of aromatic amines is 1. The van der Waals surface area contributed by atoms with Gasteiger partial charge in [0.2, 0.25) is 0 Å². The Balaban J connectivity index is 3.01. The first kappa shape index (κ1) is 13.7. The highest BCUT2D eigenvalue weighted by atomic mass is 32.2. The number of aromatic nitrogens is 2. The van der Waals surface area contributed by atoms with Crippen molar-refractivity contribution in [2.45, 2.75) is 31.8 Å². The number of carboxylic acids is 1. The molecule has 0 amide bonds. The minimum atomic E-state index is -3.89. The third-order valence-corrected chi connectivity index (χ3v) is 3.50. The van der Waals surface area contributed by atoms with E-state index in [0.717, 1.165) is 0 Å². The molecule has 8 heteroatoms. The Labute approximate surface area is 99.3 Å². The maximum Gasteiger partial charge on any atom is 0.322 e. The van der Waals surface area contributed by atoms with Crippen LogP contribution in [0.5, 0.6) is 0 Å². The van der Waals surface area contributed by atoms with Gasteiger partial charge in [-0.15, -0.1) is 0 Å². The van der Waals surface area contributed by atoms with E-state index in [4.69, 9.17) is 5.11 Å². The lowest BCUT2D eigenvalue weighted by Gasteiger charge is -2.27. The number of aliphatic carboxylic acids is 1. The first-order valence-electron chi connectivity index (χ1n) is 4.89. The van der Waals surface area contributed by atoms with Gasteiger partial charge in [-0.25, -0.2) is 8.42 Å². The number of nitrogens with one attached hydrogen (secondary N) is 2. The fourth-order valence-corrected chi connectivity index (χ4v) is 2.51. The van der Waals surface area contributed by atoms with Crippen LogP contribution < -0.4 is 4.72 Å². The molecule has 0 aliphatic heterocycles. The topological polar surface area (TPSA) is 112 Å². The molecule has 0 radical (unpaired) electrons. The highest BCUT2D eigenvalue weighted by Crippen LogP contribution is 2.21. The Morgan fingerprint density at radius 2 is 2.12 bits per heavy atom. The molecule has 0 saturated heterocycles. The number of hydrogen-bond donors (Lipinski definition) is 3. The molecule has 1 atom stereocenters. The Morgan fingerprint density at radius 3 is 2.47 bits per heavy atom. The number of hydrogen-bond acceptors (Lipinski definition) is 4. The fraction of sp³-hybridized carbons (Fsp3) is 0.556. The van der Waals surface area contributed by atoms with E-state index >= 15 is 0 Å². The zero-order chi connectivity index (χ0) is 13.3. The van der Waals surface area contributed by atoms with Crippen LogP contribution in [0, 0.1) is 5.41 Å². The zero-order valence-corrected chi connectivity index (χ0v) is 10.6. The molecule has 0 aromatic carbocycles. The van der Waals surface area contributed by atoms with Crippen molar-refractivity contribution >= 4 is 16.0 Å². The van der Waals surface area contributed by atoms with Crippen molar-refractivity contribution in [1.29, 1.82) is 0 Å². The van der Waals surface area contributed by atoms with Gasteiger partial charge in [0.05, 0.1) is 6.20 Å². The van der Waals surface area contributed by atoms with Crippen LogP contribution in [-0.2, 0) is 14.8 Å². The molecule has 0 fully saturated rings. The quantitative estimate of drug-likeness (QED) is 0.716. The van der Waals surface area contributed by atoms with Crippen LogP contribution in [0.4, 0.5) is 0 Å². The number of H-pyrrole nitrogens is 1. The molecule has 0 bridgehead atoms. The fourth-order valence-electron chi connectivity index (χ4n) is 1.21. The van der Waals surface area contributed by atoms with Crippen molar-refractivity contribution < 1.29 is 18.3 Å². The summed E-state index contributed by atoms with van der Waals surface area (Å²) < 4.78 is 25.8. The molecular weight excluding hydrogens is 246 g/mol. The highest BCUT2D eigenvalue weighted by molar-refractivity contribution is 7.89. The van der Waals surface area contributed by atoms with Gasteiger partial charge in [-0.1, -0.05) is 20.8 Å². The molecule has 0 spiro atoms. The lowest BCUT2D eigenvalue weighted by molar-refractivity contribution is -0.141. The van der Waals surface area contributed by atoms with Gasteiger partial charge in [-0.2, -0.15) is 9.82 Å². The minimum Gasteiger partial charge on any atom is -0.480 e. The molecule has 1 unspecified atom stereocenters. The van der Waals surface area contributed by atoms with Gasteiger partial charge in [0.15, 0.2) is 5.03 Å². The van der Waals surface area contributed by atoms with Gasteiger partial charge in [-0.05, 0) is 11.5 Å². The summed E-state index contributed by atoms with van der Waals surface area (Å²) in [6, 6.07) is 0.0417. The van der Waals surface area contributed by atoms with Gasteiger partial charge in [0.25, 0.3) is 10.0 Å². The minimum absolute atomic E-state index is 0.159. The van der Waals surface area contributed by atoms with Gasteiger partial charge >= 0.3 is 5.97 Å². The van der Waals surface area contributed by atoms with Crippen LogP contribution in [-0.4, -0.2) is 35.7 Å². The predicted molar refractivity (Wildman–Crippen MR) is 59.8 cm³/mol. The SMILES string of the molecule is CC(C)(C)C(NS(=O)(=O)c1ccn[nH]1)C(=O)O. The molecule has 0 saturated carbocycles. The molecular formula is C9H15N3O4S. The van der Waals surface area contributed by atoms with E-state index in [2.05, 4.69) is 14.9 Å². The van der Waals surface area contributed by atoms with Gasteiger partial charge in [0, 0.05) is 0 Å². The largest absolute Gasteiger partial charge is 0.480 e. The van der Waals surface area contributed by atoms with Crippen LogP contribution in [0.2, 0.25) is 0 Å². The molecule has 1 aromatic rings. The number of carboxylic acid groups (broad SMARTS) is 1. The van der Waals surface area contributed by atoms with Crippen molar-refractivity contribution in [2.24, 2.45) is 5.41 Å². The molecule has 1 rings (SSSR count). The Kier molecular flexibility index (Phi) is 3.58. The van der Waals surface area contributed by atoms with Gasteiger partial charge in [0.1, 0.15) is 6.04 Å². The zero-order valence-electron chi connectivity index (χ0n) is 9.76. The number of rotatable bonds is 4. The molecule has 0 aliphatic carbocycles. The average Bonchev–Trinajstić information content (AvgIpc) is 2.65. The first-order valence-corrected chi connectivity index (χ1v) is 6.37. The second-order valence-corrected chi connectivity index (χ2v) is 6.36. The van der Waals surface area contributed by atoms with Crippen LogP contribution in [0.25, 0.3) is 0 Å². The molecule has 3 N–H and O–H groups in total. The summed E-state index contributed by atoms with van der Waals surface area (Å²) in [5, 5.41) is 14.6. The summed E-state index contributed by atoms with van der Waals surface area (Å²) in [4.78, 5) is 11.0. The van der Waals surface area contributed by atoms with E-state index in [0.29, 0.717) is 0 Å². The average molecular weight is 261 g/mol. The van der Waals surface area contributed by atoms with Crippen molar-refractivity contribution in [1.82, 2.24) is 14.9 Å². The van der Waals surface area contributed by atoms with E-state index in [-0.39, 0.29) is 5.03 Å². The van der Waals surface area contributed by atoms with E-state index in [1.807, 2.05) is 0 Å². The molecule has 96 valence electrons. The predicted octanol–water partition coefficient (Wildman–Crippen LogP) is 0.187. The van der Waals surface area contributed by atoms with Crippen LogP contribution >= 0.6 is 0 Å². The van der Waals surface area contributed by atoms with Crippen LogP contribution in [0.1, 0.15) is 20.8 Å². The molecule has 1 aromatic heterocycles. The van der Waals surface area contributed by atoms with E-state index < -0.39 is 27.4 Å². The third kappa shape index (κ3) is 3.27. The molecule has 7 nitrogen and oxygen atoms in total. The van der Waals surface area contributed by atoms with Gasteiger partial charge in [-0.3, -0.25) is 9.89 Å². The second-order valence-electron chi connectivity index (χ2n) is 4.68. The number of carbonyl (C=O) groups is 1. The maximum absolute atomic E-state index is 11.8. The van der Waals surface area contributed by atoms with Crippen molar-refractivity contribution in [3.05, 3.63) is 12.3 Å². The molecule has 17 heavy (non-hydrogen) atoms. The highest BCUT2D eigenvalue weighted by Gasteiger charge is 2.35. The smallest absolute Gasteiger partial charge is 0.322 e. The normalized spacial score (nSPS) is 14.5. The summed E-state index contributed by atoms with van der Waals surface area (Å²) in [5.41, 5.74) is -0.737. The lowest BCUT2D eigenvalue weighted by Crippen LogP contribution is -2.49. The summed E-state index contributed by atoms with van der Waals surface area (Å²) >= 11 is 0. The number of sulfonamides is 1. The summed E-state index contributed by atoms with van der Waals surface area (Å²) in [6.45, 7) is 4.92. The van der Waals surface area contributed by atoms with E-state index in [1.54, 1.807) is 20.8 Å². The van der Waals surface area contributed by atoms with E-state index in [9.17, 15) is 13.2 Å². The van der Waals surface area contributed by atoms with E-state index in [1.165, 1.54) is 12.3 Å². The van der Waals surface area contributed by atoms with Crippen LogP contribution in [0.15, 0.2) is 17.3 Å². The third-order valence-electron chi connectivity index (χ3n) is 2.15. The monoisotopic (exact) mass is 261 g/mol. The Hall–Kier alpha value is -1.41. The summed E-state index contributed by atoms with van der Waals surface area (Å²) in [5.74, 6) is -1.22. The second kappa shape index (κ2) is 4.46. The molecule has 0 aliphatic rings. The van der Waals surface area contributed by atoms with Crippen LogP contribution in [0.3, 0.4) is 0 Å². The lowest BCUT2D eigenvalue weighted by atomic mass is 9.88. The maximum atomic E-state index is 11.8. The Bertz CT molecular complexity index is 487.